The minimum Gasteiger partial charge on any atom is -0.435 e. The highest BCUT2D eigenvalue weighted by Gasteiger charge is 2.25. The molecule has 232 valence electrons. The second-order valence-electron chi connectivity index (χ2n) is 11.3. The summed E-state index contributed by atoms with van der Waals surface area (Å²) in [5.74, 6) is 0.979. The lowest BCUT2D eigenvalue weighted by Crippen LogP contribution is -2.43. The van der Waals surface area contributed by atoms with Crippen molar-refractivity contribution in [1.29, 1.82) is 0 Å². The van der Waals surface area contributed by atoms with Gasteiger partial charge in [0.25, 0.3) is 0 Å². The van der Waals surface area contributed by atoms with Gasteiger partial charge in [0.15, 0.2) is 0 Å². The van der Waals surface area contributed by atoms with Crippen molar-refractivity contribution in [1.82, 2.24) is 19.9 Å². The number of rotatable bonds is 9. The summed E-state index contributed by atoms with van der Waals surface area (Å²) < 4.78 is 51.7. The Labute approximate surface area is 259 Å². The van der Waals surface area contributed by atoms with Crippen LogP contribution in [0.1, 0.15) is 25.8 Å². The fraction of sp³-hybridized carbons (Fsp3) is 0.294. The number of nitrogens with zero attached hydrogens (tertiary/aromatic N) is 5. The minimum atomic E-state index is -2.94. The molecule has 0 spiro atoms. The molecule has 1 fully saturated rings. The standard InChI is InChI=1S/C34H33F3N6O2/c1-20(2)17-24-19-43(15-16-44-24)34-39-18-25(22-10-12-23(13-11-22)45-33(36)37)32(42-34)41-31-21(3)30(28-8-4-5-14-38-28)40-27-9-6-7-26(35)29(27)31/h4-14,18,20,24,33H,15-17,19H2,1-3H3,(H,39,40,41,42). The molecule has 5 aromatic rings. The van der Waals surface area contributed by atoms with Gasteiger partial charge in [-0.15, -0.1) is 0 Å². The summed E-state index contributed by atoms with van der Waals surface area (Å²) in [6.45, 7) is 5.04. The van der Waals surface area contributed by atoms with E-state index in [4.69, 9.17) is 19.7 Å². The van der Waals surface area contributed by atoms with Gasteiger partial charge in [0.2, 0.25) is 5.95 Å². The lowest BCUT2D eigenvalue weighted by molar-refractivity contribution is -0.0498. The molecular formula is C34H33F3N6O2. The zero-order valence-corrected chi connectivity index (χ0v) is 25.2. The van der Waals surface area contributed by atoms with E-state index in [1.54, 1.807) is 36.7 Å². The molecule has 0 aliphatic carbocycles. The lowest BCUT2D eigenvalue weighted by Gasteiger charge is -2.34. The SMILES string of the molecule is Cc1c(-c2ccccn2)nc2cccc(F)c2c1Nc1nc(N2CCOC(CC(C)C)C2)ncc1-c1ccc(OC(F)F)cc1. The Bertz CT molecular complexity index is 1790. The zero-order valence-electron chi connectivity index (χ0n) is 25.2. The number of fused-ring (bicyclic) bond motifs is 1. The van der Waals surface area contributed by atoms with Crippen LogP contribution in [0.5, 0.6) is 5.75 Å². The molecule has 0 saturated carbocycles. The average Bonchev–Trinajstić information content (AvgIpc) is 3.03. The fourth-order valence-electron chi connectivity index (χ4n) is 5.61. The van der Waals surface area contributed by atoms with Gasteiger partial charge in [-0.1, -0.05) is 38.1 Å². The smallest absolute Gasteiger partial charge is 0.387 e. The van der Waals surface area contributed by atoms with E-state index in [1.165, 1.54) is 18.2 Å². The Morgan fingerprint density at radius 3 is 2.58 bits per heavy atom. The van der Waals surface area contributed by atoms with Gasteiger partial charge in [-0.2, -0.15) is 13.8 Å². The maximum absolute atomic E-state index is 15.5. The first kappa shape index (κ1) is 30.3. The van der Waals surface area contributed by atoms with Gasteiger partial charge < -0.3 is 19.7 Å². The molecule has 1 aliphatic rings. The van der Waals surface area contributed by atoms with Crippen LogP contribution >= 0.6 is 0 Å². The van der Waals surface area contributed by atoms with Crippen LogP contribution in [-0.4, -0.2) is 52.3 Å². The number of alkyl halides is 2. The molecule has 3 aromatic heterocycles. The predicted octanol–water partition coefficient (Wildman–Crippen LogP) is 7.80. The first-order valence-electron chi connectivity index (χ1n) is 14.8. The highest BCUT2D eigenvalue weighted by molar-refractivity contribution is 5.99. The number of aromatic nitrogens is 4. The van der Waals surface area contributed by atoms with Crippen LogP contribution in [0.15, 0.2) is 73.1 Å². The van der Waals surface area contributed by atoms with Crippen molar-refractivity contribution in [2.45, 2.75) is 39.9 Å². The molecule has 8 nitrogen and oxygen atoms in total. The van der Waals surface area contributed by atoms with E-state index in [2.05, 4.69) is 33.8 Å². The highest BCUT2D eigenvalue weighted by Crippen LogP contribution is 2.38. The van der Waals surface area contributed by atoms with Gasteiger partial charge in [-0.3, -0.25) is 4.98 Å². The molecule has 0 amide bonds. The Balaban J connectivity index is 1.48. The molecule has 6 rings (SSSR count). The normalized spacial score (nSPS) is 15.2. The quantitative estimate of drug-likeness (QED) is 0.180. The Morgan fingerprint density at radius 2 is 1.84 bits per heavy atom. The summed E-state index contributed by atoms with van der Waals surface area (Å²) in [6, 6.07) is 16.6. The number of benzene rings is 2. The monoisotopic (exact) mass is 614 g/mol. The van der Waals surface area contributed by atoms with Crippen LogP contribution in [0.3, 0.4) is 0 Å². The molecule has 0 radical (unpaired) electrons. The number of morpholine rings is 1. The first-order chi connectivity index (χ1) is 21.8. The summed E-state index contributed by atoms with van der Waals surface area (Å²) in [4.78, 5) is 21.0. The summed E-state index contributed by atoms with van der Waals surface area (Å²) in [5, 5.41) is 3.75. The minimum absolute atomic E-state index is 0.0309. The van der Waals surface area contributed by atoms with E-state index in [1.807, 2.05) is 25.1 Å². The second kappa shape index (κ2) is 13.1. The maximum atomic E-state index is 15.5. The summed E-state index contributed by atoms with van der Waals surface area (Å²) in [5.41, 5.74) is 4.12. The van der Waals surface area contributed by atoms with Gasteiger partial charge in [-0.05, 0) is 61.2 Å². The van der Waals surface area contributed by atoms with Crippen LogP contribution in [0.4, 0.5) is 30.6 Å². The molecule has 2 aromatic carbocycles. The third kappa shape index (κ3) is 6.68. The number of nitrogens with one attached hydrogen (secondary N) is 1. The van der Waals surface area contributed by atoms with Crippen LogP contribution < -0.4 is 15.0 Å². The van der Waals surface area contributed by atoms with Crippen molar-refractivity contribution in [3.63, 3.8) is 0 Å². The van der Waals surface area contributed by atoms with E-state index in [9.17, 15) is 8.78 Å². The van der Waals surface area contributed by atoms with E-state index in [0.29, 0.717) is 82.0 Å². The Morgan fingerprint density at radius 1 is 1.02 bits per heavy atom. The predicted molar refractivity (Wildman–Crippen MR) is 168 cm³/mol. The molecule has 1 saturated heterocycles. The molecule has 11 heteroatoms. The molecule has 4 heterocycles. The van der Waals surface area contributed by atoms with Crippen molar-refractivity contribution in [2.75, 3.05) is 29.9 Å². The molecule has 1 atom stereocenters. The number of ether oxygens (including phenoxy) is 2. The van der Waals surface area contributed by atoms with Crippen molar-refractivity contribution >= 4 is 28.4 Å². The van der Waals surface area contributed by atoms with Gasteiger partial charge in [0.1, 0.15) is 17.4 Å². The zero-order chi connectivity index (χ0) is 31.5. The van der Waals surface area contributed by atoms with Crippen LogP contribution in [-0.2, 0) is 4.74 Å². The lowest BCUT2D eigenvalue weighted by atomic mass is 10.0. The first-order valence-corrected chi connectivity index (χ1v) is 14.8. The van der Waals surface area contributed by atoms with Crippen LogP contribution in [0.2, 0.25) is 0 Å². The number of anilines is 3. The van der Waals surface area contributed by atoms with Crippen molar-refractivity contribution < 1.29 is 22.6 Å². The molecule has 1 N–H and O–H groups in total. The van der Waals surface area contributed by atoms with Gasteiger partial charge in [0.05, 0.1) is 40.7 Å². The highest BCUT2D eigenvalue weighted by atomic mass is 19.3. The topological polar surface area (TPSA) is 85.3 Å². The largest absolute Gasteiger partial charge is 0.435 e. The van der Waals surface area contributed by atoms with E-state index >= 15 is 4.39 Å². The molecule has 1 unspecified atom stereocenters. The molecule has 1 aliphatic heterocycles. The average molecular weight is 615 g/mol. The Kier molecular flexibility index (Phi) is 8.79. The molecular weight excluding hydrogens is 581 g/mol. The number of hydrogen-bond acceptors (Lipinski definition) is 8. The van der Waals surface area contributed by atoms with Crippen molar-refractivity contribution in [2.24, 2.45) is 5.92 Å². The van der Waals surface area contributed by atoms with E-state index in [0.717, 1.165) is 6.42 Å². The molecule has 45 heavy (non-hydrogen) atoms. The van der Waals surface area contributed by atoms with Crippen molar-refractivity contribution in [3.05, 3.63) is 84.4 Å². The van der Waals surface area contributed by atoms with Gasteiger partial charge in [-0.25, -0.2) is 14.4 Å². The van der Waals surface area contributed by atoms with E-state index < -0.39 is 12.4 Å². The van der Waals surface area contributed by atoms with Gasteiger partial charge in [0, 0.05) is 36.6 Å². The number of pyridine rings is 2. The summed E-state index contributed by atoms with van der Waals surface area (Å²) in [6.07, 6.45) is 4.33. The second-order valence-corrected chi connectivity index (χ2v) is 11.3. The van der Waals surface area contributed by atoms with Crippen molar-refractivity contribution in [3.8, 4) is 28.3 Å². The van der Waals surface area contributed by atoms with Crippen LogP contribution in [0, 0.1) is 18.7 Å². The van der Waals surface area contributed by atoms with Gasteiger partial charge >= 0.3 is 6.61 Å². The third-order valence-corrected chi connectivity index (χ3v) is 7.68. The van der Waals surface area contributed by atoms with Crippen LogP contribution in [0.25, 0.3) is 33.4 Å². The Hall–Kier alpha value is -4.77. The maximum Gasteiger partial charge on any atom is 0.387 e. The summed E-state index contributed by atoms with van der Waals surface area (Å²) >= 11 is 0. The fourth-order valence-corrected chi connectivity index (χ4v) is 5.61. The third-order valence-electron chi connectivity index (χ3n) is 7.68. The van der Waals surface area contributed by atoms with E-state index in [-0.39, 0.29) is 11.9 Å². The number of halogens is 3. The molecule has 0 bridgehead atoms. The summed E-state index contributed by atoms with van der Waals surface area (Å²) in [7, 11) is 0. The number of hydrogen-bond donors (Lipinski definition) is 1.